The molecule has 2 N–H and O–H groups in total. The van der Waals surface area contributed by atoms with Gasteiger partial charge in [0.15, 0.2) is 0 Å². The Morgan fingerprint density at radius 2 is 1.54 bits per heavy atom. The molecule has 120 valence electrons. The number of hydrogen-bond donors (Lipinski definition) is 2. The summed E-state index contributed by atoms with van der Waals surface area (Å²) in [6.07, 6.45) is 1.60. The van der Waals surface area contributed by atoms with E-state index in [1.807, 2.05) is 30.3 Å². The number of halogens is 2. The Morgan fingerprint density at radius 3 is 2.17 bits per heavy atom. The van der Waals surface area contributed by atoms with Gasteiger partial charge >= 0.3 is 0 Å². The quantitative estimate of drug-likeness (QED) is 0.658. The molecule has 0 bridgehead atoms. The van der Waals surface area contributed by atoms with Crippen LogP contribution in [0.3, 0.4) is 0 Å². The molecule has 0 saturated heterocycles. The lowest BCUT2D eigenvalue weighted by Crippen LogP contribution is -2.13. The average molecular weight is 358 g/mol. The van der Waals surface area contributed by atoms with Gasteiger partial charge in [0.1, 0.15) is 5.69 Å². The molecule has 0 aliphatic carbocycles. The van der Waals surface area contributed by atoms with E-state index in [1.165, 1.54) is 0 Å². The molecule has 0 spiro atoms. The summed E-state index contributed by atoms with van der Waals surface area (Å²) < 4.78 is 0. The molecular weight excluding hydrogens is 345 g/mol. The molecule has 0 aliphatic heterocycles. The van der Waals surface area contributed by atoms with E-state index >= 15 is 0 Å². The van der Waals surface area contributed by atoms with E-state index in [9.17, 15) is 4.79 Å². The number of carbonyl (C=O) groups is 1. The molecule has 2 aromatic carbocycles. The van der Waals surface area contributed by atoms with E-state index in [1.54, 1.807) is 36.5 Å². The number of nitrogens with one attached hydrogen (secondary N) is 2. The Hall–Kier alpha value is -2.56. The number of nitrogens with zero attached hydrogens (tertiary/aromatic N) is 1. The van der Waals surface area contributed by atoms with Crippen LogP contribution in [0.25, 0.3) is 0 Å². The number of hydrogen-bond acceptors (Lipinski definition) is 3. The van der Waals surface area contributed by atoms with Crippen LogP contribution in [0.4, 0.5) is 17.1 Å². The second-order valence-electron chi connectivity index (χ2n) is 5.04. The fourth-order valence-corrected chi connectivity index (χ4v) is 2.64. The van der Waals surface area contributed by atoms with E-state index in [2.05, 4.69) is 15.6 Å². The van der Waals surface area contributed by atoms with Crippen molar-refractivity contribution in [1.29, 1.82) is 0 Å². The molecule has 0 radical (unpaired) electrons. The number of pyridine rings is 1. The smallest absolute Gasteiger partial charge is 0.274 e. The van der Waals surface area contributed by atoms with Crippen LogP contribution in [0, 0.1) is 0 Å². The van der Waals surface area contributed by atoms with Gasteiger partial charge in [-0.3, -0.25) is 4.79 Å². The summed E-state index contributed by atoms with van der Waals surface area (Å²) in [5.41, 5.74) is 2.56. The molecule has 1 amide bonds. The maximum absolute atomic E-state index is 12.2. The first kappa shape index (κ1) is 16.3. The Bertz CT molecular complexity index is 832. The molecule has 1 heterocycles. The molecule has 3 aromatic rings. The molecule has 0 unspecified atom stereocenters. The maximum Gasteiger partial charge on any atom is 0.274 e. The fourth-order valence-electron chi connectivity index (χ4n) is 2.11. The normalized spacial score (nSPS) is 10.2. The van der Waals surface area contributed by atoms with Gasteiger partial charge in [-0.25, -0.2) is 4.98 Å². The number of anilines is 3. The Labute approximate surface area is 149 Å². The first-order valence-corrected chi connectivity index (χ1v) is 7.91. The SMILES string of the molecule is O=C(Nc1cc(Cl)cc(Cl)c1)c1ccc(Nc2ccccc2)cn1. The van der Waals surface area contributed by atoms with Gasteiger partial charge < -0.3 is 10.6 Å². The van der Waals surface area contributed by atoms with Crippen molar-refractivity contribution in [3.8, 4) is 0 Å². The van der Waals surface area contributed by atoms with E-state index in [0.717, 1.165) is 11.4 Å². The highest BCUT2D eigenvalue weighted by Gasteiger charge is 2.09. The van der Waals surface area contributed by atoms with Gasteiger partial charge in [-0.2, -0.15) is 0 Å². The molecule has 24 heavy (non-hydrogen) atoms. The highest BCUT2D eigenvalue weighted by Crippen LogP contribution is 2.23. The van der Waals surface area contributed by atoms with Crippen molar-refractivity contribution in [3.63, 3.8) is 0 Å². The summed E-state index contributed by atoms with van der Waals surface area (Å²) >= 11 is 11.8. The molecule has 0 saturated carbocycles. The van der Waals surface area contributed by atoms with Crippen molar-refractivity contribution < 1.29 is 4.79 Å². The Balaban J connectivity index is 1.69. The first-order chi connectivity index (χ1) is 11.6. The number of amides is 1. The Morgan fingerprint density at radius 1 is 0.833 bits per heavy atom. The predicted molar refractivity (Wildman–Crippen MR) is 98.4 cm³/mol. The van der Waals surface area contributed by atoms with E-state index in [4.69, 9.17) is 23.2 Å². The van der Waals surface area contributed by atoms with Crippen LogP contribution in [0.2, 0.25) is 10.0 Å². The predicted octanol–water partition coefficient (Wildman–Crippen LogP) is 5.38. The number of rotatable bonds is 4. The standard InChI is InChI=1S/C18H13Cl2N3O/c19-12-8-13(20)10-16(9-12)23-18(24)17-7-6-15(11-21-17)22-14-4-2-1-3-5-14/h1-11,22H,(H,23,24). The third-order valence-electron chi connectivity index (χ3n) is 3.18. The highest BCUT2D eigenvalue weighted by molar-refractivity contribution is 6.35. The molecule has 4 nitrogen and oxygen atoms in total. The van der Waals surface area contributed by atoms with Crippen molar-refractivity contribution in [1.82, 2.24) is 4.98 Å². The lowest BCUT2D eigenvalue weighted by atomic mass is 10.2. The van der Waals surface area contributed by atoms with Crippen molar-refractivity contribution in [2.24, 2.45) is 0 Å². The van der Waals surface area contributed by atoms with Gasteiger partial charge in [-0.1, -0.05) is 41.4 Å². The number of benzene rings is 2. The van der Waals surface area contributed by atoms with Gasteiger partial charge in [-0.05, 0) is 42.5 Å². The number of para-hydroxylation sites is 1. The lowest BCUT2D eigenvalue weighted by molar-refractivity contribution is 0.102. The van der Waals surface area contributed by atoms with Crippen LogP contribution in [-0.2, 0) is 0 Å². The van der Waals surface area contributed by atoms with E-state index in [0.29, 0.717) is 21.4 Å². The van der Waals surface area contributed by atoms with Crippen molar-refractivity contribution >= 4 is 46.2 Å². The highest BCUT2D eigenvalue weighted by atomic mass is 35.5. The van der Waals surface area contributed by atoms with Crippen LogP contribution in [0.15, 0.2) is 66.9 Å². The average Bonchev–Trinajstić information content (AvgIpc) is 2.55. The molecule has 1 aromatic heterocycles. The molecule has 3 rings (SSSR count). The second kappa shape index (κ2) is 7.34. The zero-order chi connectivity index (χ0) is 16.9. The van der Waals surface area contributed by atoms with Crippen LogP contribution >= 0.6 is 23.2 Å². The summed E-state index contributed by atoms with van der Waals surface area (Å²) in [4.78, 5) is 16.4. The lowest BCUT2D eigenvalue weighted by Gasteiger charge is -2.08. The summed E-state index contributed by atoms with van der Waals surface area (Å²) in [6, 6.07) is 18.0. The zero-order valence-corrected chi connectivity index (χ0v) is 14.0. The van der Waals surface area contributed by atoms with Crippen LogP contribution in [0.1, 0.15) is 10.5 Å². The van der Waals surface area contributed by atoms with Gasteiger partial charge in [0.25, 0.3) is 5.91 Å². The fraction of sp³-hybridized carbons (Fsp3) is 0. The summed E-state index contributed by atoms with van der Waals surface area (Å²) in [6.45, 7) is 0. The van der Waals surface area contributed by atoms with Gasteiger partial charge in [0.2, 0.25) is 0 Å². The number of aromatic nitrogens is 1. The minimum Gasteiger partial charge on any atom is -0.354 e. The van der Waals surface area contributed by atoms with Gasteiger partial charge in [-0.15, -0.1) is 0 Å². The van der Waals surface area contributed by atoms with Crippen LogP contribution in [0.5, 0.6) is 0 Å². The molecule has 0 fully saturated rings. The minimum absolute atomic E-state index is 0.296. The van der Waals surface area contributed by atoms with Gasteiger partial charge in [0.05, 0.1) is 11.9 Å². The third-order valence-corrected chi connectivity index (χ3v) is 3.62. The molecule has 0 atom stereocenters. The summed E-state index contributed by atoms with van der Waals surface area (Å²) in [5.74, 6) is -0.334. The third kappa shape index (κ3) is 4.25. The molecular formula is C18H13Cl2N3O. The number of carbonyl (C=O) groups excluding carboxylic acids is 1. The van der Waals surface area contributed by atoms with Crippen molar-refractivity contribution in [2.45, 2.75) is 0 Å². The van der Waals surface area contributed by atoms with Gasteiger partial charge in [0, 0.05) is 21.4 Å². The topological polar surface area (TPSA) is 54.0 Å². The molecule has 6 heteroatoms. The largest absolute Gasteiger partial charge is 0.354 e. The summed E-state index contributed by atoms with van der Waals surface area (Å²) in [5, 5.41) is 6.83. The van der Waals surface area contributed by atoms with E-state index in [-0.39, 0.29) is 5.91 Å². The van der Waals surface area contributed by atoms with E-state index < -0.39 is 0 Å². The molecule has 0 aliphatic rings. The zero-order valence-electron chi connectivity index (χ0n) is 12.5. The summed E-state index contributed by atoms with van der Waals surface area (Å²) in [7, 11) is 0. The second-order valence-corrected chi connectivity index (χ2v) is 5.91. The maximum atomic E-state index is 12.2. The van der Waals surface area contributed by atoms with Crippen LogP contribution < -0.4 is 10.6 Å². The van der Waals surface area contributed by atoms with Crippen molar-refractivity contribution in [3.05, 3.63) is 82.6 Å². The van der Waals surface area contributed by atoms with Crippen molar-refractivity contribution in [2.75, 3.05) is 10.6 Å². The monoisotopic (exact) mass is 357 g/mol. The minimum atomic E-state index is -0.334. The van der Waals surface area contributed by atoms with Crippen LogP contribution in [-0.4, -0.2) is 10.9 Å². The Kier molecular flexibility index (Phi) is 4.99. The first-order valence-electron chi connectivity index (χ1n) is 7.16.